The number of nitrogens with zero attached hydrogens (tertiary/aromatic N) is 2. The molecule has 0 spiro atoms. The zero-order valence-corrected chi connectivity index (χ0v) is 15.4. The molecule has 5 rings (SSSR count). The van der Waals surface area contributed by atoms with Gasteiger partial charge in [-0.25, -0.2) is 0 Å². The number of piperidine rings is 3. The summed E-state index contributed by atoms with van der Waals surface area (Å²) in [5.74, 6) is 1.89. The molecule has 2 aromatic carbocycles. The van der Waals surface area contributed by atoms with Gasteiger partial charge in [0.15, 0.2) is 0 Å². The molecule has 0 aromatic heterocycles. The third-order valence-electron chi connectivity index (χ3n) is 5.81. The summed E-state index contributed by atoms with van der Waals surface area (Å²) in [6.45, 7) is 4.52. The molecule has 2 unspecified atom stereocenters. The van der Waals surface area contributed by atoms with Gasteiger partial charge in [-0.15, -0.1) is 0 Å². The Morgan fingerprint density at radius 2 is 1.67 bits per heavy atom. The maximum absolute atomic E-state index is 12.7. The van der Waals surface area contributed by atoms with Crippen molar-refractivity contribution in [1.29, 1.82) is 5.26 Å². The summed E-state index contributed by atoms with van der Waals surface area (Å²) >= 11 is 0. The molecule has 138 valence electrons. The summed E-state index contributed by atoms with van der Waals surface area (Å²) in [6, 6.07) is 16.8. The first-order valence-electron chi connectivity index (χ1n) is 9.47. The Labute approximate surface area is 159 Å². The van der Waals surface area contributed by atoms with E-state index in [4.69, 9.17) is 10.00 Å². The first kappa shape index (κ1) is 17.6. The molecule has 0 saturated carbocycles. The van der Waals surface area contributed by atoms with Crippen molar-refractivity contribution in [2.24, 2.45) is 5.92 Å². The molecule has 0 aliphatic carbocycles. The number of hydrogen-bond donors (Lipinski definition) is 1. The maximum atomic E-state index is 12.7. The standard InChI is InChI=1S/C22H23N3O2/c1-15-21(17-10-12-25(15)13-11-17)24-22(26)18-4-8-20(9-5-18)27-19-6-2-16(14-23)3-7-19/h2-9,15,17,21H,10-13H2,1H3,(H,24,26). The van der Waals surface area contributed by atoms with Gasteiger partial charge in [0.1, 0.15) is 11.5 Å². The summed E-state index contributed by atoms with van der Waals surface area (Å²) < 4.78 is 5.77. The predicted molar refractivity (Wildman–Crippen MR) is 103 cm³/mol. The van der Waals surface area contributed by atoms with Crippen molar-refractivity contribution in [2.75, 3.05) is 13.1 Å². The zero-order chi connectivity index (χ0) is 18.8. The highest BCUT2D eigenvalue weighted by Crippen LogP contribution is 2.32. The molecule has 1 amide bonds. The number of hydrogen-bond acceptors (Lipinski definition) is 4. The minimum absolute atomic E-state index is 0.0227. The van der Waals surface area contributed by atoms with Gasteiger partial charge in [-0.2, -0.15) is 5.26 Å². The van der Waals surface area contributed by atoms with E-state index in [1.165, 1.54) is 12.8 Å². The van der Waals surface area contributed by atoms with Gasteiger partial charge < -0.3 is 10.1 Å². The molecule has 3 heterocycles. The van der Waals surface area contributed by atoms with Crippen LogP contribution < -0.4 is 10.1 Å². The summed E-state index contributed by atoms with van der Waals surface area (Å²) in [5, 5.41) is 12.1. The molecule has 0 radical (unpaired) electrons. The van der Waals surface area contributed by atoms with E-state index in [1.54, 1.807) is 48.5 Å². The van der Waals surface area contributed by atoms with E-state index in [9.17, 15) is 4.79 Å². The molecule has 5 heteroatoms. The van der Waals surface area contributed by atoms with Crippen molar-refractivity contribution in [3.05, 3.63) is 59.7 Å². The molecular weight excluding hydrogens is 338 g/mol. The van der Waals surface area contributed by atoms with Crippen LogP contribution in [0.15, 0.2) is 48.5 Å². The van der Waals surface area contributed by atoms with Gasteiger partial charge in [-0.3, -0.25) is 9.69 Å². The van der Waals surface area contributed by atoms with E-state index >= 15 is 0 Å². The summed E-state index contributed by atoms with van der Waals surface area (Å²) in [4.78, 5) is 15.1. The number of nitrogens with one attached hydrogen (secondary N) is 1. The monoisotopic (exact) mass is 361 g/mol. The topological polar surface area (TPSA) is 65.4 Å². The molecule has 1 N–H and O–H groups in total. The van der Waals surface area contributed by atoms with E-state index < -0.39 is 0 Å². The van der Waals surface area contributed by atoms with Gasteiger partial charge in [0.05, 0.1) is 11.6 Å². The van der Waals surface area contributed by atoms with Gasteiger partial charge in [0.25, 0.3) is 5.91 Å². The summed E-state index contributed by atoms with van der Waals surface area (Å²) in [7, 11) is 0. The van der Waals surface area contributed by atoms with Crippen LogP contribution in [-0.4, -0.2) is 36.0 Å². The fourth-order valence-electron chi connectivity index (χ4n) is 4.19. The number of fused-ring (bicyclic) bond motifs is 3. The fourth-order valence-corrected chi connectivity index (χ4v) is 4.19. The lowest BCUT2D eigenvalue weighted by molar-refractivity contribution is 0.0217. The van der Waals surface area contributed by atoms with E-state index in [0.29, 0.717) is 34.6 Å². The molecule has 5 nitrogen and oxygen atoms in total. The zero-order valence-electron chi connectivity index (χ0n) is 15.4. The molecular formula is C22H23N3O2. The third-order valence-corrected chi connectivity index (χ3v) is 5.81. The largest absolute Gasteiger partial charge is 0.457 e. The first-order valence-corrected chi connectivity index (χ1v) is 9.47. The molecule has 2 bridgehead atoms. The highest BCUT2D eigenvalue weighted by atomic mass is 16.5. The Bertz CT molecular complexity index is 845. The van der Waals surface area contributed by atoms with E-state index in [-0.39, 0.29) is 11.9 Å². The van der Waals surface area contributed by atoms with Gasteiger partial charge in [-0.1, -0.05) is 0 Å². The molecule has 3 fully saturated rings. The molecule has 2 aromatic rings. The predicted octanol–water partition coefficient (Wildman–Crippen LogP) is 3.56. The van der Waals surface area contributed by atoms with E-state index in [2.05, 4.69) is 23.2 Å². The average Bonchev–Trinajstić information content (AvgIpc) is 2.72. The van der Waals surface area contributed by atoms with Crippen LogP contribution in [0.2, 0.25) is 0 Å². The van der Waals surface area contributed by atoms with Crippen LogP contribution in [0.3, 0.4) is 0 Å². The Kier molecular flexibility index (Phi) is 4.83. The van der Waals surface area contributed by atoms with Crippen LogP contribution in [0.4, 0.5) is 0 Å². The number of nitriles is 1. The van der Waals surface area contributed by atoms with Crippen molar-refractivity contribution in [3.8, 4) is 17.6 Å². The highest BCUT2D eigenvalue weighted by Gasteiger charge is 2.40. The van der Waals surface area contributed by atoms with Crippen LogP contribution in [-0.2, 0) is 0 Å². The number of amides is 1. The van der Waals surface area contributed by atoms with E-state index in [0.717, 1.165) is 13.1 Å². The average molecular weight is 361 g/mol. The maximum Gasteiger partial charge on any atom is 0.251 e. The van der Waals surface area contributed by atoms with Gasteiger partial charge in [-0.05, 0) is 87.3 Å². The molecule has 2 atom stereocenters. The highest BCUT2D eigenvalue weighted by molar-refractivity contribution is 5.94. The number of rotatable bonds is 4. The van der Waals surface area contributed by atoms with Crippen LogP contribution in [0.25, 0.3) is 0 Å². The molecule has 3 aliphatic heterocycles. The first-order chi connectivity index (χ1) is 13.1. The third kappa shape index (κ3) is 3.67. The minimum atomic E-state index is -0.0227. The van der Waals surface area contributed by atoms with Crippen LogP contribution in [0, 0.1) is 17.2 Å². The number of ether oxygens (including phenoxy) is 1. The number of carbonyl (C=O) groups is 1. The lowest BCUT2D eigenvalue weighted by atomic mass is 9.79. The molecule has 27 heavy (non-hydrogen) atoms. The van der Waals surface area contributed by atoms with Gasteiger partial charge in [0.2, 0.25) is 0 Å². The summed E-state index contributed by atoms with van der Waals surface area (Å²) in [5.41, 5.74) is 1.24. The Morgan fingerprint density at radius 1 is 1.07 bits per heavy atom. The van der Waals surface area contributed by atoms with Crippen molar-refractivity contribution in [3.63, 3.8) is 0 Å². The SMILES string of the molecule is CC1C(NC(=O)c2ccc(Oc3ccc(C#N)cc3)cc2)C2CCN1CC2. The molecule has 3 saturated heterocycles. The van der Waals surface area contributed by atoms with Crippen LogP contribution >= 0.6 is 0 Å². The fraction of sp³-hybridized carbons (Fsp3) is 0.364. The van der Waals surface area contributed by atoms with Gasteiger partial charge in [0, 0.05) is 17.6 Å². The second-order valence-electron chi connectivity index (χ2n) is 7.38. The number of benzene rings is 2. The normalized spacial score (nSPS) is 26.2. The minimum Gasteiger partial charge on any atom is -0.457 e. The lowest BCUT2D eigenvalue weighted by Crippen LogP contribution is -2.62. The smallest absolute Gasteiger partial charge is 0.251 e. The van der Waals surface area contributed by atoms with Crippen molar-refractivity contribution < 1.29 is 9.53 Å². The quantitative estimate of drug-likeness (QED) is 0.904. The van der Waals surface area contributed by atoms with E-state index in [1.807, 2.05) is 0 Å². The Morgan fingerprint density at radius 3 is 2.22 bits per heavy atom. The van der Waals surface area contributed by atoms with Gasteiger partial charge >= 0.3 is 0 Å². The lowest BCUT2D eigenvalue weighted by Gasteiger charge is -2.49. The van der Waals surface area contributed by atoms with Crippen LogP contribution in [0.1, 0.15) is 35.7 Å². The summed E-state index contributed by atoms with van der Waals surface area (Å²) in [6.07, 6.45) is 2.35. The Hall–Kier alpha value is -2.84. The van der Waals surface area contributed by atoms with Crippen molar-refractivity contribution >= 4 is 5.91 Å². The van der Waals surface area contributed by atoms with Crippen molar-refractivity contribution in [2.45, 2.75) is 31.8 Å². The van der Waals surface area contributed by atoms with Crippen molar-refractivity contribution in [1.82, 2.24) is 10.2 Å². The second kappa shape index (κ2) is 7.42. The number of carbonyl (C=O) groups excluding carboxylic acids is 1. The Balaban J connectivity index is 1.39. The second-order valence-corrected chi connectivity index (χ2v) is 7.38. The molecule has 3 aliphatic rings. The van der Waals surface area contributed by atoms with Crippen LogP contribution in [0.5, 0.6) is 11.5 Å².